The highest BCUT2D eigenvalue weighted by Gasteiger charge is 2.38. The van der Waals surface area contributed by atoms with Crippen LogP contribution in [0.25, 0.3) is 0 Å². The lowest BCUT2D eigenvalue weighted by molar-refractivity contribution is -0.0636. The molecule has 1 aliphatic rings. The molecule has 1 saturated carbocycles. The molecule has 0 spiro atoms. The fourth-order valence-corrected chi connectivity index (χ4v) is 2.94. The summed E-state index contributed by atoms with van der Waals surface area (Å²) in [5, 5.41) is 13.0. The number of rotatable bonds is 7. The molecule has 1 aromatic rings. The van der Waals surface area contributed by atoms with Crippen LogP contribution >= 0.6 is 0 Å². The predicted octanol–water partition coefficient (Wildman–Crippen LogP) is 2.97. The zero-order chi connectivity index (χ0) is 14.3. The average Bonchev–Trinajstić information content (AvgIpc) is 2.80. The Labute approximate surface area is 120 Å². The van der Waals surface area contributed by atoms with Gasteiger partial charge in [-0.15, -0.1) is 0 Å². The van der Waals surface area contributed by atoms with Crippen LogP contribution in [0.4, 0.5) is 0 Å². The zero-order valence-electron chi connectivity index (χ0n) is 12.4. The standard InChI is InChI=1S/C15H26N2O3/c1-2-19-15(10-6-3-4-7-11-15)14-16-13(20-17-14)9-5-8-12-18/h18H,2-12H2,1H3. The summed E-state index contributed by atoms with van der Waals surface area (Å²) < 4.78 is 11.4. The smallest absolute Gasteiger partial charge is 0.226 e. The first-order valence-electron chi connectivity index (χ1n) is 7.88. The second kappa shape index (κ2) is 7.74. The van der Waals surface area contributed by atoms with Crippen molar-refractivity contribution in [3.8, 4) is 0 Å². The fourth-order valence-electron chi connectivity index (χ4n) is 2.94. The minimum Gasteiger partial charge on any atom is -0.396 e. The lowest BCUT2D eigenvalue weighted by Gasteiger charge is -2.29. The maximum Gasteiger partial charge on any atom is 0.226 e. The first-order valence-corrected chi connectivity index (χ1v) is 7.88. The molecule has 2 rings (SSSR count). The van der Waals surface area contributed by atoms with Gasteiger partial charge in [-0.25, -0.2) is 0 Å². The Hall–Kier alpha value is -0.940. The predicted molar refractivity (Wildman–Crippen MR) is 75.3 cm³/mol. The Bertz CT molecular complexity index is 384. The van der Waals surface area contributed by atoms with Gasteiger partial charge in [-0.05, 0) is 32.6 Å². The molecular formula is C15H26N2O3. The Kier molecular flexibility index (Phi) is 5.98. The zero-order valence-corrected chi connectivity index (χ0v) is 12.4. The molecule has 1 aromatic heterocycles. The molecular weight excluding hydrogens is 256 g/mol. The van der Waals surface area contributed by atoms with E-state index in [2.05, 4.69) is 10.1 Å². The summed E-state index contributed by atoms with van der Waals surface area (Å²) in [6.07, 6.45) is 9.19. The lowest BCUT2D eigenvalue weighted by Crippen LogP contribution is -2.30. The molecule has 1 aliphatic carbocycles. The molecule has 0 bridgehead atoms. The molecule has 0 aliphatic heterocycles. The van der Waals surface area contributed by atoms with E-state index < -0.39 is 0 Å². The average molecular weight is 282 g/mol. The van der Waals surface area contributed by atoms with E-state index >= 15 is 0 Å². The number of nitrogens with zero attached hydrogens (tertiary/aromatic N) is 2. The fraction of sp³-hybridized carbons (Fsp3) is 0.867. The van der Waals surface area contributed by atoms with Crippen LogP contribution in [-0.4, -0.2) is 28.5 Å². The summed E-state index contributed by atoms with van der Waals surface area (Å²) in [5.74, 6) is 1.39. The normalized spacial score (nSPS) is 18.9. The second-order valence-electron chi connectivity index (χ2n) is 5.53. The summed E-state index contributed by atoms with van der Waals surface area (Å²) in [6, 6.07) is 0. The Balaban J connectivity index is 2.08. The number of hydrogen-bond donors (Lipinski definition) is 1. The van der Waals surface area contributed by atoms with Crippen LogP contribution in [0.15, 0.2) is 4.52 Å². The molecule has 5 heteroatoms. The Morgan fingerprint density at radius 2 is 1.95 bits per heavy atom. The minimum absolute atomic E-state index is 0.212. The number of aryl methyl sites for hydroxylation is 1. The van der Waals surface area contributed by atoms with E-state index in [0.717, 1.165) is 50.8 Å². The van der Waals surface area contributed by atoms with E-state index in [9.17, 15) is 0 Å². The largest absolute Gasteiger partial charge is 0.396 e. The third-order valence-corrected chi connectivity index (χ3v) is 4.01. The van der Waals surface area contributed by atoms with Crippen LogP contribution in [0.3, 0.4) is 0 Å². The van der Waals surface area contributed by atoms with Gasteiger partial charge < -0.3 is 14.4 Å². The van der Waals surface area contributed by atoms with Crippen molar-refractivity contribution in [2.45, 2.75) is 70.3 Å². The number of ether oxygens (including phenoxy) is 1. The Morgan fingerprint density at radius 1 is 1.20 bits per heavy atom. The van der Waals surface area contributed by atoms with Crippen LogP contribution in [0, 0.1) is 0 Å². The third kappa shape index (κ3) is 3.79. The van der Waals surface area contributed by atoms with Crippen LogP contribution in [0.5, 0.6) is 0 Å². The highest BCUT2D eigenvalue weighted by atomic mass is 16.5. The molecule has 0 aromatic carbocycles. The van der Waals surface area contributed by atoms with Gasteiger partial charge in [0.1, 0.15) is 5.60 Å². The number of hydrogen-bond acceptors (Lipinski definition) is 5. The van der Waals surface area contributed by atoms with Gasteiger partial charge in [0, 0.05) is 19.6 Å². The number of aliphatic hydroxyl groups excluding tert-OH is 1. The molecule has 1 heterocycles. The minimum atomic E-state index is -0.343. The van der Waals surface area contributed by atoms with Gasteiger partial charge in [0.25, 0.3) is 0 Å². The first-order chi connectivity index (χ1) is 9.80. The van der Waals surface area contributed by atoms with Gasteiger partial charge in [0.15, 0.2) is 0 Å². The first kappa shape index (κ1) is 15.4. The maximum absolute atomic E-state index is 8.81. The monoisotopic (exact) mass is 282 g/mol. The van der Waals surface area contributed by atoms with E-state index in [1.54, 1.807) is 0 Å². The summed E-state index contributed by atoms with van der Waals surface area (Å²) >= 11 is 0. The van der Waals surface area contributed by atoms with Crippen LogP contribution < -0.4 is 0 Å². The van der Waals surface area contributed by atoms with Gasteiger partial charge in [-0.1, -0.05) is 30.8 Å². The second-order valence-corrected chi connectivity index (χ2v) is 5.53. The maximum atomic E-state index is 8.81. The third-order valence-electron chi connectivity index (χ3n) is 4.01. The molecule has 20 heavy (non-hydrogen) atoms. The van der Waals surface area contributed by atoms with Gasteiger partial charge in [-0.3, -0.25) is 0 Å². The van der Waals surface area contributed by atoms with Gasteiger partial charge in [-0.2, -0.15) is 4.98 Å². The van der Waals surface area contributed by atoms with Crippen LogP contribution in [-0.2, 0) is 16.8 Å². The Morgan fingerprint density at radius 3 is 2.60 bits per heavy atom. The molecule has 1 fully saturated rings. The van der Waals surface area contributed by atoms with Gasteiger partial charge in [0.2, 0.25) is 11.7 Å². The molecule has 0 radical (unpaired) electrons. The summed E-state index contributed by atoms with van der Waals surface area (Å²) in [5.41, 5.74) is -0.343. The highest BCUT2D eigenvalue weighted by Crippen LogP contribution is 2.38. The van der Waals surface area contributed by atoms with Crippen molar-refractivity contribution in [3.05, 3.63) is 11.7 Å². The highest BCUT2D eigenvalue weighted by molar-refractivity contribution is 5.03. The summed E-state index contributed by atoms with van der Waals surface area (Å²) in [6.45, 7) is 2.91. The quantitative estimate of drug-likeness (QED) is 0.615. The summed E-state index contributed by atoms with van der Waals surface area (Å²) in [7, 11) is 0. The SMILES string of the molecule is CCOC1(c2noc(CCCCO)n2)CCCCCC1. The van der Waals surface area contributed by atoms with E-state index in [0.29, 0.717) is 12.5 Å². The van der Waals surface area contributed by atoms with Crippen LogP contribution in [0.1, 0.15) is 70.0 Å². The molecule has 0 amide bonds. The molecule has 1 N–H and O–H groups in total. The molecule has 0 saturated heterocycles. The van der Waals surface area contributed by atoms with Crippen molar-refractivity contribution in [1.29, 1.82) is 0 Å². The van der Waals surface area contributed by atoms with Crippen molar-refractivity contribution in [2.75, 3.05) is 13.2 Å². The van der Waals surface area contributed by atoms with Crippen molar-refractivity contribution in [1.82, 2.24) is 10.1 Å². The van der Waals surface area contributed by atoms with Crippen molar-refractivity contribution in [2.24, 2.45) is 0 Å². The number of aromatic nitrogens is 2. The molecule has 0 atom stereocenters. The van der Waals surface area contributed by atoms with E-state index in [1.807, 2.05) is 6.92 Å². The van der Waals surface area contributed by atoms with Gasteiger partial charge >= 0.3 is 0 Å². The molecule has 0 unspecified atom stereocenters. The van der Waals surface area contributed by atoms with Crippen LogP contribution in [0.2, 0.25) is 0 Å². The lowest BCUT2D eigenvalue weighted by atomic mass is 9.93. The van der Waals surface area contributed by atoms with E-state index in [-0.39, 0.29) is 12.2 Å². The summed E-state index contributed by atoms with van der Waals surface area (Å²) in [4.78, 5) is 4.55. The number of unbranched alkanes of at least 4 members (excludes halogenated alkanes) is 1. The van der Waals surface area contributed by atoms with E-state index in [4.69, 9.17) is 14.4 Å². The van der Waals surface area contributed by atoms with Crippen molar-refractivity contribution < 1.29 is 14.4 Å². The molecule has 5 nitrogen and oxygen atoms in total. The van der Waals surface area contributed by atoms with Crippen molar-refractivity contribution >= 4 is 0 Å². The van der Waals surface area contributed by atoms with Gasteiger partial charge in [0.05, 0.1) is 0 Å². The van der Waals surface area contributed by atoms with E-state index in [1.165, 1.54) is 12.8 Å². The molecule has 114 valence electrons. The topological polar surface area (TPSA) is 68.4 Å². The van der Waals surface area contributed by atoms with Crippen molar-refractivity contribution in [3.63, 3.8) is 0 Å². The number of aliphatic hydroxyl groups is 1.